The van der Waals surface area contributed by atoms with Crippen molar-refractivity contribution >= 4 is 33.8 Å². The van der Waals surface area contributed by atoms with E-state index in [9.17, 15) is 4.79 Å². The molecule has 6 heteroatoms. The first kappa shape index (κ1) is 12.1. The van der Waals surface area contributed by atoms with E-state index in [0.29, 0.717) is 5.13 Å². The molecule has 0 bridgehead atoms. The minimum atomic E-state index is -0.976. The van der Waals surface area contributed by atoms with Crippen molar-refractivity contribution in [2.75, 3.05) is 5.32 Å². The highest BCUT2D eigenvalue weighted by Gasteiger charge is 2.15. The van der Waals surface area contributed by atoms with E-state index < -0.39 is 5.97 Å². The lowest BCUT2D eigenvalue weighted by molar-refractivity contribution is 0.0690. The zero-order chi connectivity index (χ0) is 12.4. The summed E-state index contributed by atoms with van der Waals surface area (Å²) in [6.07, 6.45) is 0. The molecule has 0 aromatic carbocycles. The third-order valence-corrected chi connectivity index (χ3v) is 4.27. The number of hydrogen-bond donors (Lipinski definition) is 2. The molecule has 2 aromatic heterocycles. The number of nitrogens with one attached hydrogen (secondary N) is 1. The molecule has 1 atom stereocenters. The van der Waals surface area contributed by atoms with Crippen LogP contribution >= 0.6 is 22.7 Å². The van der Waals surface area contributed by atoms with E-state index >= 15 is 0 Å². The Morgan fingerprint density at radius 2 is 2.35 bits per heavy atom. The molecule has 2 N–H and O–H groups in total. The first-order chi connectivity index (χ1) is 8.08. The molecule has 4 nitrogen and oxygen atoms in total. The molecule has 2 aromatic rings. The summed E-state index contributed by atoms with van der Waals surface area (Å²) in [5.41, 5.74) is 0.135. The maximum atomic E-state index is 10.9. The van der Waals surface area contributed by atoms with Crippen molar-refractivity contribution in [3.63, 3.8) is 0 Å². The normalized spacial score (nSPS) is 12.4. The van der Waals surface area contributed by atoms with Crippen LogP contribution in [0.3, 0.4) is 0 Å². The number of thiazole rings is 1. The van der Waals surface area contributed by atoms with Crippen LogP contribution in [0.4, 0.5) is 5.13 Å². The van der Waals surface area contributed by atoms with Crippen LogP contribution in [0, 0.1) is 6.92 Å². The third kappa shape index (κ3) is 2.65. The Bertz CT molecular complexity index is 520. The van der Waals surface area contributed by atoms with Crippen LogP contribution in [-0.4, -0.2) is 16.1 Å². The van der Waals surface area contributed by atoms with Crippen molar-refractivity contribution < 1.29 is 9.90 Å². The minimum absolute atomic E-state index is 0.135. The third-order valence-electron chi connectivity index (χ3n) is 2.31. The fraction of sp³-hybridized carbons (Fsp3) is 0.273. The summed E-state index contributed by atoms with van der Waals surface area (Å²) in [5.74, 6) is -0.976. The van der Waals surface area contributed by atoms with Gasteiger partial charge in [-0.25, -0.2) is 9.78 Å². The van der Waals surface area contributed by atoms with E-state index in [2.05, 4.69) is 10.3 Å². The lowest BCUT2D eigenvalue weighted by Gasteiger charge is -2.09. The van der Waals surface area contributed by atoms with E-state index in [0.717, 1.165) is 4.88 Å². The fourth-order valence-electron chi connectivity index (χ4n) is 1.45. The molecule has 90 valence electrons. The maximum Gasteiger partial charge on any atom is 0.355 e. The van der Waals surface area contributed by atoms with Crippen LogP contribution in [0.25, 0.3) is 0 Å². The quantitative estimate of drug-likeness (QED) is 0.892. The number of aryl methyl sites for hydroxylation is 1. The molecule has 2 heterocycles. The summed E-state index contributed by atoms with van der Waals surface area (Å²) >= 11 is 3.04. The number of aromatic carboxylic acids is 1. The number of nitrogens with zero attached hydrogens (tertiary/aromatic N) is 1. The number of rotatable bonds is 4. The molecule has 0 saturated carbocycles. The predicted molar refractivity (Wildman–Crippen MR) is 70.2 cm³/mol. The Morgan fingerprint density at radius 1 is 1.59 bits per heavy atom. The molecule has 1 unspecified atom stereocenters. The van der Waals surface area contributed by atoms with Gasteiger partial charge in [0.25, 0.3) is 0 Å². The minimum Gasteiger partial charge on any atom is -0.476 e. The Hall–Kier alpha value is -1.40. The van der Waals surface area contributed by atoms with Gasteiger partial charge in [-0.05, 0) is 25.3 Å². The van der Waals surface area contributed by atoms with Crippen molar-refractivity contribution in [1.82, 2.24) is 4.98 Å². The van der Waals surface area contributed by atoms with Crippen LogP contribution in [0.15, 0.2) is 17.5 Å². The molecule has 0 saturated heterocycles. The van der Waals surface area contributed by atoms with E-state index in [1.807, 2.05) is 24.4 Å². The van der Waals surface area contributed by atoms with Gasteiger partial charge in [0.2, 0.25) is 0 Å². The van der Waals surface area contributed by atoms with Gasteiger partial charge >= 0.3 is 5.97 Å². The second-order valence-electron chi connectivity index (χ2n) is 3.61. The molecule has 0 spiro atoms. The zero-order valence-electron chi connectivity index (χ0n) is 9.43. The van der Waals surface area contributed by atoms with Gasteiger partial charge in [0, 0.05) is 9.75 Å². The van der Waals surface area contributed by atoms with E-state index in [1.165, 1.54) is 16.2 Å². The maximum absolute atomic E-state index is 10.9. The molecule has 0 radical (unpaired) electrons. The van der Waals surface area contributed by atoms with Gasteiger partial charge in [0.05, 0.1) is 6.04 Å². The lowest BCUT2D eigenvalue weighted by Crippen LogP contribution is -2.05. The lowest BCUT2D eigenvalue weighted by atomic mass is 10.3. The number of carboxylic acids is 1. The monoisotopic (exact) mass is 268 g/mol. The Morgan fingerprint density at radius 3 is 2.88 bits per heavy atom. The number of anilines is 1. The average molecular weight is 268 g/mol. The molecule has 17 heavy (non-hydrogen) atoms. The van der Waals surface area contributed by atoms with Gasteiger partial charge in [-0.3, -0.25) is 0 Å². The summed E-state index contributed by atoms with van der Waals surface area (Å²) in [6.45, 7) is 3.80. The van der Waals surface area contributed by atoms with Crippen LogP contribution in [0.1, 0.15) is 33.2 Å². The largest absolute Gasteiger partial charge is 0.476 e. The highest BCUT2D eigenvalue weighted by Crippen LogP contribution is 2.27. The highest BCUT2D eigenvalue weighted by molar-refractivity contribution is 7.15. The smallest absolute Gasteiger partial charge is 0.355 e. The Kier molecular flexibility index (Phi) is 3.44. The summed E-state index contributed by atoms with van der Waals surface area (Å²) in [7, 11) is 0. The van der Waals surface area contributed by atoms with Gasteiger partial charge in [-0.1, -0.05) is 6.07 Å². The molecule has 0 amide bonds. The van der Waals surface area contributed by atoms with Crippen molar-refractivity contribution in [2.45, 2.75) is 19.9 Å². The first-order valence-corrected chi connectivity index (χ1v) is 6.78. The van der Waals surface area contributed by atoms with E-state index in [1.54, 1.807) is 18.3 Å². The van der Waals surface area contributed by atoms with Gasteiger partial charge in [0.1, 0.15) is 0 Å². The number of hydrogen-bond acceptors (Lipinski definition) is 5. The number of aromatic nitrogens is 1. The highest BCUT2D eigenvalue weighted by atomic mass is 32.1. The van der Waals surface area contributed by atoms with Crippen molar-refractivity contribution in [3.05, 3.63) is 33.0 Å². The van der Waals surface area contributed by atoms with Crippen molar-refractivity contribution in [2.24, 2.45) is 0 Å². The second kappa shape index (κ2) is 4.85. The molecule has 0 fully saturated rings. The van der Waals surface area contributed by atoms with Crippen LogP contribution in [-0.2, 0) is 0 Å². The molecular weight excluding hydrogens is 256 g/mol. The molecule has 0 aliphatic carbocycles. The molecule has 0 aliphatic rings. The summed E-state index contributed by atoms with van der Waals surface area (Å²) in [4.78, 5) is 16.9. The first-order valence-electron chi connectivity index (χ1n) is 5.08. The van der Waals surface area contributed by atoms with Crippen molar-refractivity contribution in [3.8, 4) is 0 Å². The standard InChI is InChI=1S/C11H12N2O2S2/c1-6(8-4-3-5-16-8)12-11-13-9(10(14)15)7(2)17-11/h3-6H,1-2H3,(H,12,13)(H,14,15). The van der Waals surface area contributed by atoms with Crippen LogP contribution in [0.5, 0.6) is 0 Å². The van der Waals surface area contributed by atoms with Gasteiger partial charge < -0.3 is 10.4 Å². The van der Waals surface area contributed by atoms with Gasteiger partial charge in [-0.15, -0.1) is 22.7 Å². The fourth-order valence-corrected chi connectivity index (χ4v) is 3.08. The molecule has 0 aliphatic heterocycles. The second-order valence-corrected chi connectivity index (χ2v) is 5.79. The van der Waals surface area contributed by atoms with Crippen LogP contribution in [0.2, 0.25) is 0 Å². The topological polar surface area (TPSA) is 62.2 Å². The number of carboxylic acid groups (broad SMARTS) is 1. The van der Waals surface area contributed by atoms with Gasteiger partial charge in [-0.2, -0.15) is 0 Å². The predicted octanol–water partition coefficient (Wildman–Crippen LogP) is 3.38. The van der Waals surface area contributed by atoms with Crippen molar-refractivity contribution in [1.29, 1.82) is 0 Å². The van der Waals surface area contributed by atoms with Gasteiger partial charge in [0.15, 0.2) is 10.8 Å². The zero-order valence-corrected chi connectivity index (χ0v) is 11.1. The van der Waals surface area contributed by atoms with E-state index in [4.69, 9.17) is 5.11 Å². The molecule has 2 rings (SSSR count). The van der Waals surface area contributed by atoms with Crippen LogP contribution < -0.4 is 5.32 Å². The molecular formula is C11H12N2O2S2. The Labute approximate surface area is 107 Å². The Balaban J connectivity index is 2.14. The SMILES string of the molecule is Cc1sc(NC(C)c2cccs2)nc1C(=O)O. The number of carbonyl (C=O) groups is 1. The summed E-state index contributed by atoms with van der Waals surface area (Å²) in [5, 5.41) is 14.8. The number of thiophene rings is 1. The van der Waals surface area contributed by atoms with E-state index in [-0.39, 0.29) is 11.7 Å². The summed E-state index contributed by atoms with van der Waals surface area (Å²) in [6, 6.07) is 4.18. The average Bonchev–Trinajstić information content (AvgIpc) is 2.86. The summed E-state index contributed by atoms with van der Waals surface area (Å²) < 4.78 is 0.